The maximum absolute atomic E-state index is 13.9. The second-order valence-corrected chi connectivity index (χ2v) is 12.2. The third-order valence-electron chi connectivity index (χ3n) is 9.39. The standard InChI is InChI=1S/C33H42F3N3O4/c1-2-10-27-24(13-9-20-39(27)31(41)29-26(33(34,35)36)15-8-19-37-29)30(40)38-21-17-32(42,18-22-38)25-14-6-7-16-28(25)43-23-11-4-3-5-12-23/h6-8,14-16,19,23-24,27,42H,2-5,9-13,17-18,20-22H2,1H3/t24?,27-/m1/s1. The molecule has 3 aliphatic rings. The monoisotopic (exact) mass is 601 g/mol. The number of likely N-dealkylation sites (tertiary alicyclic amines) is 2. The Hall–Kier alpha value is -3.14. The van der Waals surface area contributed by atoms with Crippen molar-refractivity contribution >= 4 is 11.8 Å². The SMILES string of the molecule is CCC[C@@H]1C(C(=O)N2CCC(O)(c3ccccc3OC3CCCCC3)CC2)CCCN1C(=O)c1ncccc1C(F)(F)F. The topological polar surface area (TPSA) is 83.0 Å². The van der Waals surface area contributed by atoms with Gasteiger partial charge < -0.3 is 19.6 Å². The van der Waals surface area contributed by atoms with Crippen LogP contribution < -0.4 is 4.74 Å². The summed E-state index contributed by atoms with van der Waals surface area (Å²) in [5, 5.41) is 11.8. The molecule has 0 spiro atoms. The van der Waals surface area contributed by atoms with Gasteiger partial charge in [0.05, 0.1) is 23.2 Å². The van der Waals surface area contributed by atoms with Crippen LogP contribution in [0.15, 0.2) is 42.6 Å². The summed E-state index contributed by atoms with van der Waals surface area (Å²) >= 11 is 0. The number of halogens is 3. The van der Waals surface area contributed by atoms with Crippen molar-refractivity contribution in [3.8, 4) is 5.75 Å². The maximum Gasteiger partial charge on any atom is 0.418 e. The van der Waals surface area contributed by atoms with Gasteiger partial charge in [-0.15, -0.1) is 0 Å². The number of para-hydroxylation sites is 1. The fraction of sp³-hybridized carbons (Fsp3) is 0.606. The van der Waals surface area contributed by atoms with Gasteiger partial charge in [0.2, 0.25) is 5.91 Å². The van der Waals surface area contributed by atoms with Crippen molar-refractivity contribution in [1.82, 2.24) is 14.8 Å². The summed E-state index contributed by atoms with van der Waals surface area (Å²) in [7, 11) is 0. The first kappa shape index (κ1) is 31.3. The summed E-state index contributed by atoms with van der Waals surface area (Å²) in [4.78, 5) is 34.4. The summed E-state index contributed by atoms with van der Waals surface area (Å²) in [5.41, 5.74) is -2.07. The summed E-state index contributed by atoms with van der Waals surface area (Å²) in [5.74, 6) is -0.717. The number of amides is 2. The molecule has 1 unspecified atom stereocenters. The fourth-order valence-corrected chi connectivity index (χ4v) is 7.11. The molecule has 5 rings (SSSR count). The van der Waals surface area contributed by atoms with Crippen molar-refractivity contribution in [1.29, 1.82) is 0 Å². The van der Waals surface area contributed by atoms with Crippen LogP contribution in [0.5, 0.6) is 5.75 Å². The van der Waals surface area contributed by atoms with E-state index in [2.05, 4.69) is 4.98 Å². The van der Waals surface area contributed by atoms with Gasteiger partial charge in [-0.1, -0.05) is 38.0 Å². The summed E-state index contributed by atoms with van der Waals surface area (Å²) in [6.07, 6.45) is 5.08. The van der Waals surface area contributed by atoms with Crippen LogP contribution in [0.3, 0.4) is 0 Å². The summed E-state index contributed by atoms with van der Waals surface area (Å²) in [6.45, 7) is 2.90. The van der Waals surface area contributed by atoms with Gasteiger partial charge in [-0.25, -0.2) is 0 Å². The number of carbonyl (C=O) groups is 2. The number of nitrogens with zero attached hydrogens (tertiary/aromatic N) is 3. The number of carbonyl (C=O) groups excluding carboxylic acids is 2. The average Bonchev–Trinajstić information content (AvgIpc) is 3.01. The molecule has 1 N–H and O–H groups in total. The van der Waals surface area contributed by atoms with E-state index in [0.717, 1.165) is 37.3 Å². The molecule has 2 saturated heterocycles. The van der Waals surface area contributed by atoms with E-state index in [1.54, 1.807) is 4.90 Å². The van der Waals surface area contributed by atoms with Gasteiger partial charge in [-0.2, -0.15) is 13.2 Å². The van der Waals surface area contributed by atoms with Gasteiger partial charge >= 0.3 is 6.18 Å². The number of hydrogen-bond acceptors (Lipinski definition) is 5. The normalized spacial score (nSPS) is 23.2. The molecule has 3 heterocycles. The number of aliphatic hydroxyl groups is 1. The molecule has 234 valence electrons. The van der Waals surface area contributed by atoms with Crippen molar-refractivity contribution in [2.75, 3.05) is 19.6 Å². The zero-order valence-electron chi connectivity index (χ0n) is 24.8. The second-order valence-electron chi connectivity index (χ2n) is 12.2. The molecule has 1 aromatic carbocycles. The lowest BCUT2D eigenvalue weighted by Gasteiger charge is -2.45. The van der Waals surface area contributed by atoms with Crippen molar-refractivity contribution in [3.05, 3.63) is 59.4 Å². The molecule has 1 saturated carbocycles. The van der Waals surface area contributed by atoms with Crippen LogP contribution in [0.1, 0.15) is 99.2 Å². The minimum absolute atomic E-state index is 0.109. The quantitative estimate of drug-likeness (QED) is 0.400. The first-order chi connectivity index (χ1) is 20.6. The lowest BCUT2D eigenvalue weighted by atomic mass is 9.81. The molecule has 3 fully saturated rings. The number of pyridine rings is 1. The smallest absolute Gasteiger partial charge is 0.418 e. The third-order valence-corrected chi connectivity index (χ3v) is 9.39. The van der Waals surface area contributed by atoms with Gasteiger partial charge in [0.15, 0.2) is 0 Å². The van der Waals surface area contributed by atoms with Crippen molar-refractivity contribution in [2.24, 2.45) is 5.92 Å². The van der Waals surface area contributed by atoms with Crippen LogP contribution in [0.4, 0.5) is 13.2 Å². The highest BCUT2D eigenvalue weighted by Crippen LogP contribution is 2.41. The molecule has 7 nitrogen and oxygen atoms in total. The number of benzene rings is 1. The first-order valence-corrected chi connectivity index (χ1v) is 15.7. The molecule has 2 aromatic rings. The van der Waals surface area contributed by atoms with Gasteiger partial charge in [0.1, 0.15) is 11.4 Å². The number of ether oxygens (including phenoxy) is 1. The Kier molecular flexibility index (Phi) is 9.63. The van der Waals surface area contributed by atoms with Crippen LogP contribution in [0.2, 0.25) is 0 Å². The van der Waals surface area contributed by atoms with Gasteiger partial charge in [-0.3, -0.25) is 14.6 Å². The molecule has 2 amide bonds. The van der Waals surface area contributed by atoms with E-state index >= 15 is 0 Å². The summed E-state index contributed by atoms with van der Waals surface area (Å²) < 4.78 is 47.5. The fourth-order valence-electron chi connectivity index (χ4n) is 7.11. The molecule has 10 heteroatoms. The molecule has 43 heavy (non-hydrogen) atoms. The van der Waals surface area contributed by atoms with E-state index < -0.39 is 40.9 Å². The largest absolute Gasteiger partial charge is 0.490 e. The van der Waals surface area contributed by atoms with Crippen LogP contribution in [0.25, 0.3) is 0 Å². The highest BCUT2D eigenvalue weighted by atomic mass is 19.4. The van der Waals surface area contributed by atoms with Crippen LogP contribution in [-0.2, 0) is 16.6 Å². The highest BCUT2D eigenvalue weighted by Gasteiger charge is 2.45. The van der Waals surface area contributed by atoms with E-state index in [9.17, 15) is 27.9 Å². The van der Waals surface area contributed by atoms with E-state index in [1.165, 1.54) is 23.6 Å². The van der Waals surface area contributed by atoms with Crippen LogP contribution in [-0.4, -0.2) is 63.5 Å². The Morgan fingerprint density at radius 2 is 1.72 bits per heavy atom. The molecular formula is C33H42F3N3O4. The molecule has 2 atom stereocenters. The van der Waals surface area contributed by atoms with Gasteiger partial charge in [0, 0.05) is 37.4 Å². The van der Waals surface area contributed by atoms with E-state index in [-0.39, 0.29) is 18.6 Å². The van der Waals surface area contributed by atoms with E-state index in [4.69, 9.17) is 4.74 Å². The third kappa shape index (κ3) is 6.84. The van der Waals surface area contributed by atoms with Crippen molar-refractivity contribution in [3.63, 3.8) is 0 Å². The van der Waals surface area contributed by atoms with Crippen LogP contribution >= 0.6 is 0 Å². The zero-order chi connectivity index (χ0) is 30.6. The molecule has 2 aliphatic heterocycles. The van der Waals surface area contributed by atoms with Gasteiger partial charge in [-0.05, 0) is 76.0 Å². The Balaban J connectivity index is 1.29. The first-order valence-electron chi connectivity index (χ1n) is 15.7. The van der Waals surface area contributed by atoms with E-state index in [0.29, 0.717) is 57.4 Å². The van der Waals surface area contributed by atoms with Crippen molar-refractivity contribution in [2.45, 2.75) is 101 Å². The summed E-state index contributed by atoms with van der Waals surface area (Å²) in [6, 6.07) is 9.15. The molecule has 0 bridgehead atoms. The Morgan fingerprint density at radius 1 is 1.00 bits per heavy atom. The van der Waals surface area contributed by atoms with E-state index in [1.807, 2.05) is 31.2 Å². The number of piperidine rings is 2. The minimum Gasteiger partial charge on any atom is -0.490 e. The average molecular weight is 602 g/mol. The predicted molar refractivity (Wildman–Crippen MR) is 155 cm³/mol. The van der Waals surface area contributed by atoms with Crippen LogP contribution in [0, 0.1) is 5.92 Å². The van der Waals surface area contributed by atoms with Crippen molar-refractivity contribution < 1.29 is 32.6 Å². The number of alkyl halides is 3. The number of rotatable bonds is 7. The Morgan fingerprint density at radius 3 is 2.42 bits per heavy atom. The molecule has 1 aromatic heterocycles. The number of hydrogen-bond donors (Lipinski definition) is 1. The number of aromatic nitrogens is 1. The molecule has 0 radical (unpaired) electrons. The molecular weight excluding hydrogens is 559 g/mol. The zero-order valence-corrected chi connectivity index (χ0v) is 24.8. The Bertz CT molecular complexity index is 1270. The minimum atomic E-state index is -4.71. The second kappa shape index (κ2) is 13.2. The Labute approximate surface area is 251 Å². The van der Waals surface area contributed by atoms with Gasteiger partial charge in [0.25, 0.3) is 5.91 Å². The lowest BCUT2D eigenvalue weighted by molar-refractivity contribution is -0.144. The predicted octanol–water partition coefficient (Wildman–Crippen LogP) is 6.34. The molecule has 1 aliphatic carbocycles. The lowest BCUT2D eigenvalue weighted by Crippen LogP contribution is -2.55. The highest BCUT2D eigenvalue weighted by molar-refractivity contribution is 5.95. The maximum atomic E-state index is 13.9.